The van der Waals surface area contributed by atoms with Gasteiger partial charge < -0.3 is 14.5 Å². The zero-order valence-electron chi connectivity index (χ0n) is 20.9. The van der Waals surface area contributed by atoms with E-state index in [0.717, 1.165) is 21.1 Å². The maximum Gasteiger partial charge on any atom is 0.268 e. The molecule has 0 saturated carbocycles. The molecular formula is C27H29Cl2N3O4S. The Bertz CT molecular complexity index is 1410. The zero-order chi connectivity index (χ0) is 26.7. The Hall–Kier alpha value is -2.94. The molecule has 0 aliphatic carbocycles. The van der Waals surface area contributed by atoms with Gasteiger partial charge in [-0.1, -0.05) is 41.4 Å². The van der Waals surface area contributed by atoms with Gasteiger partial charge in [0.1, 0.15) is 17.2 Å². The molecule has 0 bridgehead atoms. The normalized spacial score (nSPS) is 14.0. The first kappa shape index (κ1) is 27.1. The Labute approximate surface area is 228 Å². The second-order valence-electron chi connectivity index (χ2n) is 8.95. The molecule has 37 heavy (non-hydrogen) atoms. The number of methoxy groups -OCH3 is 1. The van der Waals surface area contributed by atoms with Crippen LogP contribution in [0.3, 0.4) is 0 Å². The largest absolute Gasteiger partial charge is 0.495 e. The fourth-order valence-electron chi connectivity index (χ4n) is 4.27. The quantitative estimate of drug-likeness (QED) is 0.398. The monoisotopic (exact) mass is 561 g/mol. The predicted octanol–water partition coefficient (Wildman–Crippen LogP) is 5.16. The van der Waals surface area contributed by atoms with Crippen LogP contribution in [0.15, 0.2) is 65.6 Å². The first-order chi connectivity index (χ1) is 17.6. The lowest BCUT2D eigenvalue weighted by molar-refractivity contribution is -0.129. The van der Waals surface area contributed by atoms with Gasteiger partial charge in [-0.05, 0) is 67.4 Å². The second kappa shape index (κ2) is 11.2. The summed E-state index contributed by atoms with van der Waals surface area (Å²) in [6.07, 6.45) is 0. The highest BCUT2D eigenvalue weighted by atomic mass is 35.5. The summed E-state index contributed by atoms with van der Waals surface area (Å²) in [6, 6.07) is 17.5. The summed E-state index contributed by atoms with van der Waals surface area (Å²) in [4.78, 5) is 17.3. The van der Waals surface area contributed by atoms with Crippen LogP contribution in [0.5, 0.6) is 5.75 Å². The molecular weight excluding hydrogens is 533 g/mol. The van der Waals surface area contributed by atoms with Crippen molar-refractivity contribution < 1.29 is 17.9 Å². The van der Waals surface area contributed by atoms with Gasteiger partial charge in [-0.25, -0.2) is 8.42 Å². The Kier molecular flexibility index (Phi) is 8.21. The Morgan fingerprint density at radius 2 is 1.70 bits per heavy atom. The fraction of sp³-hybridized carbons (Fsp3) is 0.296. The summed E-state index contributed by atoms with van der Waals surface area (Å²) in [7, 11) is -2.75. The van der Waals surface area contributed by atoms with Gasteiger partial charge in [-0.2, -0.15) is 0 Å². The third-order valence-corrected chi connectivity index (χ3v) is 8.85. The molecule has 10 heteroatoms. The van der Waals surface area contributed by atoms with Gasteiger partial charge in [0.2, 0.25) is 5.91 Å². The number of carbonyl (C=O) groups excluding carboxylic acids is 1. The molecule has 1 amide bonds. The van der Waals surface area contributed by atoms with E-state index in [1.807, 2.05) is 31.2 Å². The van der Waals surface area contributed by atoms with Crippen LogP contribution >= 0.6 is 23.2 Å². The number of anilines is 2. The van der Waals surface area contributed by atoms with Crippen molar-refractivity contribution in [3.8, 4) is 5.75 Å². The summed E-state index contributed by atoms with van der Waals surface area (Å²) in [5.41, 5.74) is 2.86. The number of rotatable bonds is 7. The summed E-state index contributed by atoms with van der Waals surface area (Å²) in [6.45, 7) is 5.41. The van der Waals surface area contributed by atoms with Gasteiger partial charge in [0.25, 0.3) is 10.0 Å². The van der Waals surface area contributed by atoms with Gasteiger partial charge in [0.15, 0.2) is 0 Å². The number of hydrogen-bond acceptors (Lipinski definition) is 5. The Morgan fingerprint density at radius 3 is 2.35 bits per heavy atom. The molecule has 1 fully saturated rings. The van der Waals surface area contributed by atoms with Gasteiger partial charge in [-0.15, -0.1) is 0 Å². The van der Waals surface area contributed by atoms with Crippen LogP contribution in [0.4, 0.5) is 11.4 Å². The van der Waals surface area contributed by atoms with Crippen molar-refractivity contribution >= 4 is 50.5 Å². The van der Waals surface area contributed by atoms with Crippen molar-refractivity contribution in [2.75, 3.05) is 49.0 Å². The van der Waals surface area contributed by atoms with E-state index < -0.39 is 10.0 Å². The minimum Gasteiger partial charge on any atom is -0.495 e. The highest BCUT2D eigenvalue weighted by Gasteiger charge is 2.32. The number of halogens is 2. The summed E-state index contributed by atoms with van der Waals surface area (Å²) in [5.74, 6) is -0.0889. The maximum absolute atomic E-state index is 14.0. The van der Waals surface area contributed by atoms with Crippen LogP contribution in [0.2, 0.25) is 10.0 Å². The molecule has 4 rings (SSSR count). The molecule has 196 valence electrons. The molecule has 0 aromatic heterocycles. The van der Waals surface area contributed by atoms with E-state index in [1.165, 1.54) is 7.11 Å². The highest BCUT2D eigenvalue weighted by molar-refractivity contribution is 7.93. The molecule has 0 N–H and O–H groups in total. The number of carbonyl (C=O) groups is 1. The van der Waals surface area contributed by atoms with Crippen molar-refractivity contribution in [3.05, 3.63) is 81.8 Å². The lowest BCUT2D eigenvalue weighted by atomic mass is 10.2. The van der Waals surface area contributed by atoms with E-state index in [-0.39, 0.29) is 23.1 Å². The molecule has 3 aromatic carbocycles. The number of amides is 1. The van der Waals surface area contributed by atoms with Crippen molar-refractivity contribution in [2.24, 2.45) is 0 Å². The maximum atomic E-state index is 14.0. The van der Waals surface area contributed by atoms with Gasteiger partial charge in [0, 0.05) is 41.9 Å². The van der Waals surface area contributed by atoms with Crippen LogP contribution in [0.1, 0.15) is 11.1 Å². The van der Waals surface area contributed by atoms with Crippen LogP contribution < -0.4 is 13.9 Å². The molecule has 3 aromatic rings. The van der Waals surface area contributed by atoms with Crippen LogP contribution in [0, 0.1) is 13.8 Å². The van der Waals surface area contributed by atoms with E-state index >= 15 is 0 Å². The highest BCUT2D eigenvalue weighted by Crippen LogP contribution is 2.33. The van der Waals surface area contributed by atoms with Gasteiger partial charge >= 0.3 is 0 Å². The lowest BCUT2D eigenvalue weighted by Gasteiger charge is -2.37. The third-order valence-electron chi connectivity index (χ3n) is 6.42. The average Bonchev–Trinajstić information content (AvgIpc) is 2.89. The molecule has 1 aliphatic rings. The summed E-state index contributed by atoms with van der Waals surface area (Å²) >= 11 is 12.5. The second-order valence-corrected chi connectivity index (χ2v) is 11.6. The van der Waals surface area contributed by atoms with E-state index in [9.17, 15) is 13.2 Å². The van der Waals surface area contributed by atoms with Crippen molar-refractivity contribution in [2.45, 2.75) is 18.7 Å². The number of benzene rings is 3. The van der Waals surface area contributed by atoms with Crippen molar-refractivity contribution in [3.63, 3.8) is 0 Å². The predicted molar refractivity (Wildman–Crippen MR) is 149 cm³/mol. The number of aryl methyl sites for hydroxylation is 2. The molecule has 0 atom stereocenters. The molecule has 7 nitrogen and oxygen atoms in total. The van der Waals surface area contributed by atoms with Crippen molar-refractivity contribution in [1.29, 1.82) is 0 Å². The minimum atomic E-state index is -4.16. The molecule has 0 radical (unpaired) electrons. The SMILES string of the molecule is COc1ccc(C)cc1S(=O)(=O)N(CC(=O)N1CCN(c2cccc(Cl)c2)CC1)c1ccc(C)c(Cl)c1. The Balaban J connectivity index is 1.61. The van der Waals surface area contributed by atoms with E-state index in [2.05, 4.69) is 4.90 Å². The lowest BCUT2D eigenvalue weighted by Crippen LogP contribution is -2.52. The molecule has 1 aliphatic heterocycles. The third kappa shape index (κ3) is 5.98. The van der Waals surface area contributed by atoms with E-state index in [1.54, 1.807) is 48.2 Å². The number of piperazine rings is 1. The first-order valence-corrected chi connectivity index (χ1v) is 14.0. The minimum absolute atomic E-state index is 0.00901. The van der Waals surface area contributed by atoms with E-state index in [4.69, 9.17) is 27.9 Å². The van der Waals surface area contributed by atoms with Crippen LogP contribution in [0.25, 0.3) is 0 Å². The number of hydrogen-bond donors (Lipinski definition) is 0. The fourth-order valence-corrected chi connectivity index (χ4v) is 6.27. The summed E-state index contributed by atoms with van der Waals surface area (Å²) in [5, 5.41) is 1.07. The smallest absolute Gasteiger partial charge is 0.268 e. The van der Waals surface area contributed by atoms with E-state index in [0.29, 0.717) is 41.9 Å². The topological polar surface area (TPSA) is 70.2 Å². The van der Waals surface area contributed by atoms with Gasteiger partial charge in [-0.3, -0.25) is 9.10 Å². The molecule has 1 saturated heterocycles. The summed E-state index contributed by atoms with van der Waals surface area (Å²) < 4.78 is 34.4. The number of sulfonamides is 1. The van der Waals surface area contributed by atoms with Crippen LogP contribution in [-0.4, -0.2) is 59.1 Å². The average molecular weight is 563 g/mol. The molecule has 1 heterocycles. The zero-order valence-corrected chi connectivity index (χ0v) is 23.3. The van der Waals surface area contributed by atoms with Crippen LogP contribution in [-0.2, 0) is 14.8 Å². The first-order valence-electron chi connectivity index (χ1n) is 11.8. The van der Waals surface area contributed by atoms with Crippen molar-refractivity contribution in [1.82, 2.24) is 4.90 Å². The molecule has 0 unspecified atom stereocenters. The van der Waals surface area contributed by atoms with Gasteiger partial charge in [0.05, 0.1) is 12.8 Å². The molecule has 0 spiro atoms. The Morgan fingerprint density at radius 1 is 0.973 bits per heavy atom. The number of nitrogens with zero attached hydrogens (tertiary/aromatic N) is 3. The standard InChI is InChI=1S/C27H29Cl2N3O4S/c1-19-7-10-25(36-3)26(15-19)37(34,35)32(23-9-8-20(2)24(29)17-23)18-27(33)31-13-11-30(12-14-31)22-6-4-5-21(28)16-22/h4-10,15-17H,11-14,18H2,1-3H3. The number of ether oxygens (including phenoxy) is 1.